The number of imidazole rings is 1. The molecule has 1 aromatic carbocycles. The first-order valence-electron chi connectivity index (χ1n) is 7.02. The molecule has 0 bridgehead atoms. The van der Waals surface area contributed by atoms with Gasteiger partial charge in [-0.3, -0.25) is 0 Å². The molecule has 0 amide bonds. The highest BCUT2D eigenvalue weighted by atomic mass is 15.1. The Hall–Kier alpha value is -2.16. The van der Waals surface area contributed by atoms with Crippen LogP contribution in [0.1, 0.15) is 36.7 Å². The summed E-state index contributed by atoms with van der Waals surface area (Å²) in [7, 11) is 0. The Labute approximate surface area is 119 Å². The van der Waals surface area contributed by atoms with Gasteiger partial charge in [-0.05, 0) is 30.2 Å². The second-order valence-electron chi connectivity index (χ2n) is 5.48. The highest BCUT2D eigenvalue weighted by molar-refractivity contribution is 5.71. The van der Waals surface area contributed by atoms with E-state index in [1.807, 2.05) is 18.3 Å². The lowest BCUT2D eigenvalue weighted by Gasteiger charge is -2.12. The van der Waals surface area contributed by atoms with E-state index in [0.29, 0.717) is 5.92 Å². The summed E-state index contributed by atoms with van der Waals surface area (Å²) in [6.45, 7) is 7.33. The van der Waals surface area contributed by atoms with Crippen molar-refractivity contribution in [2.24, 2.45) is 0 Å². The standard InChI is InChI=1S/C17H19N3/c1-12(2)16-19-15-9-6-10-18-17(15)20(16)11-14-8-5-4-7-13(14)3/h4-10,12H,11H2,1-3H3. The molecule has 3 rings (SSSR count). The zero-order chi connectivity index (χ0) is 14.1. The van der Waals surface area contributed by atoms with Crippen molar-refractivity contribution in [3.63, 3.8) is 0 Å². The summed E-state index contributed by atoms with van der Waals surface area (Å²) >= 11 is 0. The predicted molar refractivity (Wildman–Crippen MR) is 81.9 cm³/mol. The van der Waals surface area contributed by atoms with Crippen LogP contribution in [-0.4, -0.2) is 14.5 Å². The maximum Gasteiger partial charge on any atom is 0.160 e. The predicted octanol–water partition coefficient (Wildman–Crippen LogP) is 3.91. The molecule has 0 fully saturated rings. The van der Waals surface area contributed by atoms with Crippen LogP contribution in [-0.2, 0) is 6.54 Å². The third-order valence-corrected chi connectivity index (χ3v) is 3.64. The maximum absolute atomic E-state index is 4.74. The van der Waals surface area contributed by atoms with Crippen molar-refractivity contribution in [2.75, 3.05) is 0 Å². The van der Waals surface area contributed by atoms with Crippen molar-refractivity contribution < 1.29 is 0 Å². The average Bonchev–Trinajstić information content (AvgIpc) is 2.81. The van der Waals surface area contributed by atoms with E-state index in [9.17, 15) is 0 Å². The van der Waals surface area contributed by atoms with Crippen LogP contribution < -0.4 is 0 Å². The summed E-state index contributed by atoms with van der Waals surface area (Å²) in [6, 6.07) is 12.5. The molecule has 3 aromatic rings. The molecule has 0 aliphatic carbocycles. The second-order valence-corrected chi connectivity index (χ2v) is 5.48. The van der Waals surface area contributed by atoms with Gasteiger partial charge in [-0.15, -0.1) is 0 Å². The molecule has 0 unspecified atom stereocenters. The van der Waals surface area contributed by atoms with E-state index in [0.717, 1.165) is 23.5 Å². The molecular formula is C17H19N3. The molecule has 2 heterocycles. The normalized spacial score (nSPS) is 11.4. The van der Waals surface area contributed by atoms with Gasteiger partial charge < -0.3 is 4.57 Å². The summed E-state index contributed by atoms with van der Waals surface area (Å²) in [5.41, 5.74) is 4.57. The fourth-order valence-electron chi connectivity index (χ4n) is 2.53. The quantitative estimate of drug-likeness (QED) is 0.718. The van der Waals surface area contributed by atoms with Crippen LogP contribution in [0.2, 0.25) is 0 Å². The van der Waals surface area contributed by atoms with Crippen molar-refractivity contribution >= 4 is 11.2 Å². The van der Waals surface area contributed by atoms with Crippen LogP contribution in [0.5, 0.6) is 0 Å². The van der Waals surface area contributed by atoms with E-state index in [2.05, 4.69) is 54.6 Å². The van der Waals surface area contributed by atoms with Gasteiger partial charge in [-0.2, -0.15) is 0 Å². The molecule has 20 heavy (non-hydrogen) atoms. The minimum absolute atomic E-state index is 0.383. The smallest absolute Gasteiger partial charge is 0.160 e. The molecule has 0 N–H and O–H groups in total. The second kappa shape index (κ2) is 5.08. The third kappa shape index (κ3) is 2.20. The molecule has 0 atom stereocenters. The molecule has 0 aliphatic heterocycles. The van der Waals surface area contributed by atoms with Crippen LogP contribution in [0.25, 0.3) is 11.2 Å². The lowest BCUT2D eigenvalue weighted by Crippen LogP contribution is -2.08. The Balaban J connectivity index is 2.14. The zero-order valence-electron chi connectivity index (χ0n) is 12.2. The fourth-order valence-corrected chi connectivity index (χ4v) is 2.53. The van der Waals surface area contributed by atoms with E-state index in [1.165, 1.54) is 11.1 Å². The van der Waals surface area contributed by atoms with Crippen LogP contribution in [0, 0.1) is 6.92 Å². The van der Waals surface area contributed by atoms with Gasteiger partial charge in [0.25, 0.3) is 0 Å². The van der Waals surface area contributed by atoms with Crippen molar-refractivity contribution in [3.8, 4) is 0 Å². The number of aryl methyl sites for hydroxylation is 1. The van der Waals surface area contributed by atoms with E-state index < -0.39 is 0 Å². The molecule has 0 saturated heterocycles. The van der Waals surface area contributed by atoms with Crippen LogP contribution in [0.3, 0.4) is 0 Å². The van der Waals surface area contributed by atoms with Crippen LogP contribution in [0.4, 0.5) is 0 Å². The van der Waals surface area contributed by atoms with Gasteiger partial charge in [-0.1, -0.05) is 38.1 Å². The van der Waals surface area contributed by atoms with Gasteiger partial charge in [-0.25, -0.2) is 9.97 Å². The highest BCUT2D eigenvalue weighted by Crippen LogP contribution is 2.22. The van der Waals surface area contributed by atoms with Crippen molar-refractivity contribution in [2.45, 2.75) is 33.2 Å². The van der Waals surface area contributed by atoms with Crippen LogP contribution in [0.15, 0.2) is 42.6 Å². The Morgan fingerprint density at radius 1 is 1.10 bits per heavy atom. The largest absolute Gasteiger partial charge is 0.308 e. The average molecular weight is 265 g/mol. The lowest BCUT2D eigenvalue weighted by molar-refractivity contribution is 0.678. The number of aromatic nitrogens is 3. The van der Waals surface area contributed by atoms with Crippen molar-refractivity contribution in [1.82, 2.24) is 14.5 Å². The summed E-state index contributed by atoms with van der Waals surface area (Å²) in [5.74, 6) is 1.48. The SMILES string of the molecule is Cc1ccccc1Cn1c(C(C)C)nc2cccnc21. The van der Waals surface area contributed by atoms with Gasteiger partial charge in [0, 0.05) is 12.1 Å². The molecule has 3 nitrogen and oxygen atoms in total. The van der Waals surface area contributed by atoms with E-state index in [1.54, 1.807) is 0 Å². The minimum atomic E-state index is 0.383. The molecule has 0 radical (unpaired) electrons. The molecule has 3 heteroatoms. The summed E-state index contributed by atoms with van der Waals surface area (Å²) in [4.78, 5) is 9.25. The molecule has 102 valence electrons. The number of hydrogen-bond donors (Lipinski definition) is 0. The summed E-state index contributed by atoms with van der Waals surface area (Å²) in [5, 5.41) is 0. The summed E-state index contributed by atoms with van der Waals surface area (Å²) < 4.78 is 2.24. The molecular weight excluding hydrogens is 246 g/mol. The number of fused-ring (bicyclic) bond motifs is 1. The van der Waals surface area contributed by atoms with Crippen LogP contribution >= 0.6 is 0 Å². The monoisotopic (exact) mass is 265 g/mol. The molecule has 0 spiro atoms. The fraction of sp³-hybridized carbons (Fsp3) is 0.294. The van der Waals surface area contributed by atoms with Crippen molar-refractivity contribution in [3.05, 3.63) is 59.5 Å². The Kier molecular flexibility index (Phi) is 3.26. The first kappa shape index (κ1) is 12.9. The Morgan fingerprint density at radius 2 is 1.90 bits per heavy atom. The number of nitrogens with zero attached hydrogens (tertiary/aromatic N) is 3. The summed E-state index contributed by atoms with van der Waals surface area (Å²) in [6.07, 6.45) is 1.84. The minimum Gasteiger partial charge on any atom is -0.308 e. The number of benzene rings is 1. The molecule has 0 aliphatic rings. The van der Waals surface area contributed by atoms with Gasteiger partial charge in [0.05, 0.1) is 6.54 Å². The van der Waals surface area contributed by atoms with E-state index >= 15 is 0 Å². The first-order valence-corrected chi connectivity index (χ1v) is 7.02. The number of rotatable bonds is 3. The van der Waals surface area contributed by atoms with Gasteiger partial charge in [0.1, 0.15) is 11.3 Å². The third-order valence-electron chi connectivity index (χ3n) is 3.64. The first-order chi connectivity index (χ1) is 9.66. The Bertz CT molecular complexity index is 741. The Morgan fingerprint density at radius 3 is 2.65 bits per heavy atom. The van der Waals surface area contributed by atoms with E-state index in [-0.39, 0.29) is 0 Å². The maximum atomic E-state index is 4.74. The number of hydrogen-bond acceptors (Lipinski definition) is 2. The zero-order valence-corrected chi connectivity index (χ0v) is 12.2. The highest BCUT2D eigenvalue weighted by Gasteiger charge is 2.14. The topological polar surface area (TPSA) is 30.7 Å². The van der Waals surface area contributed by atoms with Crippen molar-refractivity contribution in [1.29, 1.82) is 0 Å². The van der Waals surface area contributed by atoms with Gasteiger partial charge in [0.2, 0.25) is 0 Å². The van der Waals surface area contributed by atoms with E-state index in [4.69, 9.17) is 4.98 Å². The number of pyridine rings is 1. The van der Waals surface area contributed by atoms with Gasteiger partial charge in [0.15, 0.2) is 5.65 Å². The van der Waals surface area contributed by atoms with Gasteiger partial charge >= 0.3 is 0 Å². The molecule has 2 aromatic heterocycles. The molecule has 0 saturated carbocycles. The lowest BCUT2D eigenvalue weighted by atomic mass is 10.1.